The predicted molar refractivity (Wildman–Crippen MR) is 77.8 cm³/mol. The van der Waals surface area contributed by atoms with Gasteiger partial charge in [0.1, 0.15) is 0 Å². The monoisotopic (exact) mass is 267 g/mol. The molecule has 0 aromatic heterocycles. The molecule has 1 amide bonds. The van der Waals surface area contributed by atoms with Crippen LogP contribution in [0.15, 0.2) is 0 Å². The van der Waals surface area contributed by atoms with Gasteiger partial charge < -0.3 is 15.5 Å². The number of carbonyl (C=O) groups excluding carboxylic acids is 1. The van der Waals surface area contributed by atoms with E-state index in [-0.39, 0.29) is 0 Å². The lowest BCUT2D eigenvalue weighted by Gasteiger charge is -2.37. The number of nitrogens with two attached hydrogens (primary N) is 1. The van der Waals surface area contributed by atoms with Crippen molar-refractivity contribution in [1.29, 1.82) is 0 Å². The number of likely N-dealkylation sites (N-methyl/N-ethyl adjacent to an activating group) is 2. The quantitative estimate of drug-likeness (QED) is 0.842. The molecule has 2 rings (SSSR count). The molecule has 1 saturated heterocycles. The second kappa shape index (κ2) is 6.71. The first-order valence-corrected chi connectivity index (χ1v) is 7.76. The van der Waals surface area contributed by atoms with Crippen molar-refractivity contribution in [3.63, 3.8) is 0 Å². The van der Waals surface area contributed by atoms with Crippen LogP contribution in [0.25, 0.3) is 0 Å². The summed E-state index contributed by atoms with van der Waals surface area (Å²) in [6, 6.07) is 0.785. The van der Waals surface area contributed by atoms with Crippen LogP contribution in [0, 0.1) is 5.92 Å². The van der Waals surface area contributed by atoms with Gasteiger partial charge in [-0.25, -0.2) is 0 Å². The first kappa shape index (κ1) is 14.8. The average Bonchev–Trinajstić information content (AvgIpc) is 2.40. The molecule has 4 nitrogen and oxygen atoms in total. The van der Waals surface area contributed by atoms with E-state index in [2.05, 4.69) is 11.9 Å². The highest BCUT2D eigenvalue weighted by Crippen LogP contribution is 2.27. The number of carbonyl (C=O) groups is 1. The van der Waals surface area contributed by atoms with Gasteiger partial charge in [0, 0.05) is 32.1 Å². The summed E-state index contributed by atoms with van der Waals surface area (Å²) in [5, 5.41) is 0. The smallest absolute Gasteiger partial charge is 0.222 e. The Balaban J connectivity index is 1.78. The zero-order chi connectivity index (χ0) is 13.8. The Morgan fingerprint density at radius 2 is 1.95 bits per heavy atom. The molecule has 2 fully saturated rings. The molecule has 1 saturated carbocycles. The number of hydrogen-bond donors (Lipinski definition) is 1. The van der Waals surface area contributed by atoms with E-state index >= 15 is 0 Å². The number of likely N-dealkylation sites (tertiary alicyclic amines) is 1. The Bertz CT molecular complexity index is 300. The third kappa shape index (κ3) is 4.18. The van der Waals surface area contributed by atoms with E-state index in [4.69, 9.17) is 5.73 Å². The van der Waals surface area contributed by atoms with Crippen molar-refractivity contribution in [2.75, 3.05) is 27.2 Å². The lowest BCUT2D eigenvalue weighted by Crippen LogP contribution is -2.47. The van der Waals surface area contributed by atoms with E-state index in [0.29, 0.717) is 23.9 Å². The number of amides is 1. The minimum absolute atomic E-state index is 0.334. The standard InChI is InChI=1S/C15H29N3O/c1-17-9-3-4-14(11-17)18(2)15(19)10-12-5-7-13(16)8-6-12/h12-14H,3-11,16H2,1-2H3. The summed E-state index contributed by atoms with van der Waals surface area (Å²) in [7, 11) is 4.13. The van der Waals surface area contributed by atoms with Crippen LogP contribution in [-0.4, -0.2) is 55.0 Å². The van der Waals surface area contributed by atoms with Crippen molar-refractivity contribution in [3.05, 3.63) is 0 Å². The summed E-state index contributed by atoms with van der Waals surface area (Å²) < 4.78 is 0. The fourth-order valence-corrected chi connectivity index (χ4v) is 3.44. The maximum absolute atomic E-state index is 12.4. The molecule has 2 aliphatic rings. The second-order valence-corrected chi connectivity index (χ2v) is 6.55. The summed E-state index contributed by atoms with van der Waals surface area (Å²) in [5.74, 6) is 0.900. The minimum Gasteiger partial charge on any atom is -0.341 e. The Hall–Kier alpha value is -0.610. The van der Waals surface area contributed by atoms with Crippen molar-refractivity contribution >= 4 is 5.91 Å². The number of nitrogens with zero attached hydrogens (tertiary/aromatic N) is 2. The molecule has 0 radical (unpaired) electrons. The Kier molecular flexibility index (Phi) is 5.22. The molecule has 0 spiro atoms. The van der Waals surface area contributed by atoms with Crippen molar-refractivity contribution < 1.29 is 4.79 Å². The van der Waals surface area contributed by atoms with Gasteiger partial charge in [-0.3, -0.25) is 4.79 Å². The van der Waals surface area contributed by atoms with Gasteiger partial charge in [-0.05, 0) is 58.0 Å². The molecule has 1 heterocycles. The van der Waals surface area contributed by atoms with E-state index in [1.54, 1.807) is 0 Å². The van der Waals surface area contributed by atoms with Crippen LogP contribution in [0.5, 0.6) is 0 Å². The van der Waals surface area contributed by atoms with Gasteiger partial charge >= 0.3 is 0 Å². The van der Waals surface area contributed by atoms with Gasteiger partial charge in [-0.15, -0.1) is 0 Å². The number of piperidine rings is 1. The van der Waals surface area contributed by atoms with Gasteiger partial charge in [-0.1, -0.05) is 0 Å². The van der Waals surface area contributed by atoms with Crippen molar-refractivity contribution in [2.45, 2.75) is 57.0 Å². The van der Waals surface area contributed by atoms with Crippen LogP contribution in [0.1, 0.15) is 44.9 Å². The fraction of sp³-hybridized carbons (Fsp3) is 0.933. The molecule has 1 aliphatic carbocycles. The van der Waals surface area contributed by atoms with Crippen molar-refractivity contribution in [1.82, 2.24) is 9.80 Å². The SMILES string of the molecule is CN1CCCC(N(C)C(=O)CC2CCC(N)CC2)C1. The normalized spacial score (nSPS) is 33.1. The van der Waals surface area contributed by atoms with Crippen molar-refractivity contribution in [3.8, 4) is 0 Å². The van der Waals surface area contributed by atoms with Crippen LogP contribution in [0.2, 0.25) is 0 Å². The van der Waals surface area contributed by atoms with Gasteiger partial charge in [0.2, 0.25) is 5.91 Å². The van der Waals surface area contributed by atoms with Gasteiger partial charge in [0.25, 0.3) is 0 Å². The molecule has 0 bridgehead atoms. The molecule has 19 heavy (non-hydrogen) atoms. The zero-order valence-corrected chi connectivity index (χ0v) is 12.5. The van der Waals surface area contributed by atoms with E-state index in [9.17, 15) is 4.79 Å². The van der Waals surface area contributed by atoms with E-state index in [0.717, 1.165) is 45.1 Å². The number of hydrogen-bond acceptors (Lipinski definition) is 3. The Morgan fingerprint density at radius 1 is 1.26 bits per heavy atom. The van der Waals surface area contributed by atoms with Gasteiger partial charge in [0.05, 0.1) is 0 Å². The van der Waals surface area contributed by atoms with Crippen LogP contribution in [0.4, 0.5) is 0 Å². The molecule has 1 unspecified atom stereocenters. The van der Waals surface area contributed by atoms with Gasteiger partial charge in [-0.2, -0.15) is 0 Å². The number of rotatable bonds is 3. The van der Waals surface area contributed by atoms with Gasteiger partial charge in [0.15, 0.2) is 0 Å². The van der Waals surface area contributed by atoms with Crippen LogP contribution >= 0.6 is 0 Å². The highest BCUT2D eigenvalue weighted by Gasteiger charge is 2.27. The molecule has 0 aromatic carbocycles. The van der Waals surface area contributed by atoms with E-state index in [1.165, 1.54) is 13.0 Å². The molecule has 4 heteroatoms. The lowest BCUT2D eigenvalue weighted by molar-refractivity contribution is -0.134. The lowest BCUT2D eigenvalue weighted by atomic mass is 9.84. The third-order valence-electron chi connectivity index (χ3n) is 4.90. The highest BCUT2D eigenvalue weighted by atomic mass is 16.2. The third-order valence-corrected chi connectivity index (χ3v) is 4.90. The summed E-state index contributed by atoms with van der Waals surface area (Å²) in [4.78, 5) is 16.7. The predicted octanol–water partition coefficient (Wildman–Crippen LogP) is 1.45. The highest BCUT2D eigenvalue weighted by molar-refractivity contribution is 5.76. The molecule has 0 aromatic rings. The van der Waals surface area contributed by atoms with E-state index < -0.39 is 0 Å². The summed E-state index contributed by atoms with van der Waals surface area (Å²) in [6.07, 6.45) is 7.53. The van der Waals surface area contributed by atoms with Crippen LogP contribution < -0.4 is 5.73 Å². The maximum atomic E-state index is 12.4. The molecule has 1 atom stereocenters. The Labute approximate surface area is 117 Å². The summed E-state index contributed by atoms with van der Waals surface area (Å²) in [6.45, 7) is 2.19. The summed E-state index contributed by atoms with van der Waals surface area (Å²) in [5.41, 5.74) is 5.92. The molecular formula is C15H29N3O. The van der Waals surface area contributed by atoms with Crippen molar-refractivity contribution in [2.24, 2.45) is 11.7 Å². The molecular weight excluding hydrogens is 238 g/mol. The largest absolute Gasteiger partial charge is 0.341 e. The minimum atomic E-state index is 0.334. The Morgan fingerprint density at radius 3 is 2.58 bits per heavy atom. The molecule has 1 aliphatic heterocycles. The second-order valence-electron chi connectivity index (χ2n) is 6.55. The first-order chi connectivity index (χ1) is 9.06. The van der Waals surface area contributed by atoms with E-state index in [1.807, 2.05) is 11.9 Å². The maximum Gasteiger partial charge on any atom is 0.222 e. The fourth-order valence-electron chi connectivity index (χ4n) is 3.44. The molecule has 110 valence electrons. The van der Waals surface area contributed by atoms with Crippen LogP contribution in [0.3, 0.4) is 0 Å². The average molecular weight is 267 g/mol. The topological polar surface area (TPSA) is 49.6 Å². The molecule has 2 N–H and O–H groups in total. The zero-order valence-electron chi connectivity index (χ0n) is 12.5. The summed E-state index contributed by atoms with van der Waals surface area (Å²) >= 11 is 0. The first-order valence-electron chi connectivity index (χ1n) is 7.76. The van der Waals surface area contributed by atoms with Crippen LogP contribution in [-0.2, 0) is 4.79 Å².